The first-order chi connectivity index (χ1) is 16.8. The summed E-state index contributed by atoms with van der Waals surface area (Å²) in [5.41, 5.74) is 7.03. The molecule has 0 aliphatic carbocycles. The van der Waals surface area contributed by atoms with Gasteiger partial charge in [0.25, 0.3) is 0 Å². The van der Waals surface area contributed by atoms with E-state index in [2.05, 4.69) is 20.3 Å². The number of rotatable bonds is 9. The average molecular weight is 502 g/mol. The van der Waals surface area contributed by atoms with Gasteiger partial charge in [0.2, 0.25) is 0 Å². The number of carbonyl (C=O) groups excluding carboxylic acids is 1. The molecule has 4 rings (SSSR count). The number of ether oxygens (including phenoxy) is 2. The van der Waals surface area contributed by atoms with Gasteiger partial charge in [-0.05, 0) is 39.0 Å². The molecule has 0 saturated carbocycles. The number of hydrogen-bond acceptors (Lipinski definition) is 11. The quantitative estimate of drug-likeness (QED) is 0.338. The lowest BCUT2D eigenvalue weighted by atomic mass is 10.2. The van der Waals surface area contributed by atoms with Crippen LogP contribution in [0.5, 0.6) is 0 Å². The van der Waals surface area contributed by atoms with Crippen molar-refractivity contribution in [1.29, 1.82) is 0 Å². The minimum absolute atomic E-state index is 0.181. The summed E-state index contributed by atoms with van der Waals surface area (Å²) in [5, 5.41) is 8.23. The third-order valence-corrected chi connectivity index (χ3v) is 6.94. The van der Waals surface area contributed by atoms with Gasteiger partial charge in [-0.1, -0.05) is 23.4 Å². The van der Waals surface area contributed by atoms with Crippen molar-refractivity contribution in [1.82, 2.24) is 25.0 Å². The van der Waals surface area contributed by atoms with E-state index in [9.17, 15) is 9.36 Å². The zero-order chi connectivity index (χ0) is 25.0. The van der Waals surface area contributed by atoms with Crippen molar-refractivity contribution in [3.05, 3.63) is 53.6 Å². The number of benzene rings is 1. The molecule has 12 nitrogen and oxygen atoms in total. The lowest BCUT2D eigenvalue weighted by molar-refractivity contribution is -0.0447. The highest BCUT2D eigenvalue weighted by Crippen LogP contribution is 2.50. The first-order valence-corrected chi connectivity index (χ1v) is 12.8. The first kappa shape index (κ1) is 24.9. The zero-order valence-corrected chi connectivity index (χ0v) is 20.5. The molecule has 1 aliphatic heterocycles. The van der Waals surface area contributed by atoms with E-state index < -0.39 is 32.0 Å². The maximum absolute atomic E-state index is 12.8. The molecular formula is C22H27N6O6P. The minimum atomic E-state index is -3.44. The van der Waals surface area contributed by atoms with Crippen LogP contribution in [0.15, 0.2) is 42.2 Å². The van der Waals surface area contributed by atoms with Gasteiger partial charge in [-0.15, -0.1) is 5.10 Å². The highest BCUT2D eigenvalue weighted by atomic mass is 31.2. The smallest absolute Gasteiger partial charge is 0.353 e. The first-order valence-electron chi connectivity index (χ1n) is 11.2. The summed E-state index contributed by atoms with van der Waals surface area (Å²) in [4.78, 5) is 21.3. The maximum Gasteiger partial charge on any atom is 0.353 e. The van der Waals surface area contributed by atoms with Crippen LogP contribution in [0.1, 0.15) is 42.7 Å². The Morgan fingerprint density at radius 3 is 2.63 bits per heavy atom. The number of fused-ring (bicyclic) bond motifs is 1. The molecule has 2 aromatic heterocycles. The molecule has 0 bridgehead atoms. The Labute approximate surface area is 202 Å². The highest BCUT2D eigenvalue weighted by molar-refractivity contribution is 7.57. The lowest BCUT2D eigenvalue weighted by Crippen LogP contribution is -2.26. The minimum Gasteiger partial charge on any atom is -0.454 e. The van der Waals surface area contributed by atoms with Crippen LogP contribution in [-0.4, -0.2) is 56.4 Å². The van der Waals surface area contributed by atoms with E-state index in [1.807, 2.05) is 6.07 Å². The molecule has 0 amide bonds. The molecule has 35 heavy (non-hydrogen) atoms. The number of esters is 1. The summed E-state index contributed by atoms with van der Waals surface area (Å²) in [6.45, 7) is 5.59. The van der Waals surface area contributed by atoms with Gasteiger partial charge in [0.1, 0.15) is 5.82 Å². The van der Waals surface area contributed by atoms with E-state index in [1.54, 1.807) is 51.1 Å². The normalized spacial score (nSPS) is 20.6. The number of aryl methyl sites for hydroxylation is 1. The molecule has 186 valence electrons. The summed E-state index contributed by atoms with van der Waals surface area (Å²) < 4.78 is 36.8. The Kier molecular flexibility index (Phi) is 7.56. The predicted octanol–water partition coefficient (Wildman–Crippen LogP) is 3.40. The van der Waals surface area contributed by atoms with Crippen molar-refractivity contribution in [2.45, 2.75) is 45.6 Å². The van der Waals surface area contributed by atoms with E-state index in [0.29, 0.717) is 22.6 Å². The van der Waals surface area contributed by atoms with Crippen molar-refractivity contribution < 1.29 is 27.9 Å². The molecule has 3 atom stereocenters. The lowest BCUT2D eigenvalue weighted by Gasteiger charge is -2.19. The summed E-state index contributed by atoms with van der Waals surface area (Å²) in [6, 6.07) is 8.62. The molecule has 1 aliphatic rings. The van der Waals surface area contributed by atoms with E-state index in [0.717, 1.165) is 0 Å². The van der Waals surface area contributed by atoms with Crippen LogP contribution in [0.25, 0.3) is 11.2 Å². The standard InChI is InChI=1S/C22H27N6O6P/c1-4-31-35(30,32-5-2)12-11-16-13-17(34-22(29)15-9-7-6-8-10-15)21(33-16)28-20-18(26-27-28)19(23)24-14(3)25-20/h6-12,16-17,21H,4-5,13H2,1-3H3,(H2,23,24,25)/b12-11+/t16-,17-,21-/m1/s1. The number of aromatic nitrogens is 5. The second-order valence-electron chi connectivity index (χ2n) is 7.69. The predicted molar refractivity (Wildman–Crippen MR) is 126 cm³/mol. The van der Waals surface area contributed by atoms with Crippen LogP contribution in [0.4, 0.5) is 5.82 Å². The molecule has 0 unspecified atom stereocenters. The van der Waals surface area contributed by atoms with Gasteiger partial charge in [-0.2, -0.15) is 4.68 Å². The van der Waals surface area contributed by atoms with Crippen LogP contribution in [-0.2, 0) is 23.1 Å². The molecule has 1 aromatic carbocycles. The fraction of sp³-hybridized carbons (Fsp3) is 0.409. The van der Waals surface area contributed by atoms with Crippen molar-refractivity contribution in [2.75, 3.05) is 18.9 Å². The second-order valence-corrected chi connectivity index (χ2v) is 9.58. The fourth-order valence-corrected chi connectivity index (χ4v) is 5.08. The Hall–Kier alpha value is -3.18. The van der Waals surface area contributed by atoms with E-state index in [1.165, 1.54) is 10.5 Å². The van der Waals surface area contributed by atoms with Gasteiger partial charge in [0.15, 0.2) is 29.3 Å². The number of carbonyl (C=O) groups is 1. The Morgan fingerprint density at radius 1 is 1.23 bits per heavy atom. The van der Waals surface area contributed by atoms with E-state index >= 15 is 0 Å². The van der Waals surface area contributed by atoms with Crippen molar-refractivity contribution in [2.24, 2.45) is 0 Å². The molecule has 1 fully saturated rings. The van der Waals surface area contributed by atoms with Crippen molar-refractivity contribution in [3.63, 3.8) is 0 Å². The Morgan fingerprint density at radius 2 is 1.94 bits per heavy atom. The number of anilines is 1. The van der Waals surface area contributed by atoms with Gasteiger partial charge in [0, 0.05) is 12.2 Å². The largest absolute Gasteiger partial charge is 0.454 e. The highest BCUT2D eigenvalue weighted by Gasteiger charge is 2.41. The summed E-state index contributed by atoms with van der Waals surface area (Å²) in [5.74, 6) is 1.46. The maximum atomic E-state index is 12.8. The number of hydrogen-bond donors (Lipinski definition) is 1. The molecule has 0 radical (unpaired) electrons. The van der Waals surface area contributed by atoms with Gasteiger partial charge >= 0.3 is 13.6 Å². The number of nitrogen functional groups attached to an aromatic ring is 1. The molecule has 2 N–H and O–H groups in total. The Balaban J connectivity index is 1.65. The molecule has 0 spiro atoms. The fourth-order valence-electron chi connectivity index (χ4n) is 3.71. The summed E-state index contributed by atoms with van der Waals surface area (Å²) in [6.07, 6.45) is -0.351. The van der Waals surface area contributed by atoms with Crippen LogP contribution in [0.2, 0.25) is 0 Å². The third kappa shape index (κ3) is 5.57. The van der Waals surface area contributed by atoms with E-state index in [4.69, 9.17) is 24.3 Å². The average Bonchev–Trinajstić information content (AvgIpc) is 3.42. The monoisotopic (exact) mass is 502 g/mol. The van der Waals surface area contributed by atoms with Gasteiger partial charge in [0.05, 0.1) is 24.9 Å². The van der Waals surface area contributed by atoms with Crippen LogP contribution < -0.4 is 5.73 Å². The number of nitrogens with two attached hydrogens (primary N) is 1. The second kappa shape index (κ2) is 10.6. The van der Waals surface area contributed by atoms with Gasteiger partial charge in [-0.25, -0.2) is 14.8 Å². The molecule has 1 saturated heterocycles. The topological polar surface area (TPSA) is 154 Å². The van der Waals surface area contributed by atoms with Crippen LogP contribution in [0, 0.1) is 6.92 Å². The van der Waals surface area contributed by atoms with Gasteiger partial charge < -0.3 is 24.3 Å². The molecular weight excluding hydrogens is 475 g/mol. The summed E-state index contributed by atoms with van der Waals surface area (Å²) >= 11 is 0. The molecule has 13 heteroatoms. The van der Waals surface area contributed by atoms with Crippen molar-refractivity contribution >= 4 is 30.5 Å². The SMILES string of the molecule is CCOP(=O)(/C=C/[C@@H]1C[C@@H](OC(=O)c2ccccc2)[C@H](n2nnc3c(N)nc(C)nc32)O1)OCC. The van der Waals surface area contributed by atoms with E-state index in [-0.39, 0.29) is 25.5 Å². The van der Waals surface area contributed by atoms with Crippen LogP contribution >= 0.6 is 7.60 Å². The van der Waals surface area contributed by atoms with Gasteiger partial charge in [-0.3, -0.25) is 4.57 Å². The molecule has 3 aromatic rings. The zero-order valence-electron chi connectivity index (χ0n) is 19.6. The van der Waals surface area contributed by atoms with Crippen LogP contribution in [0.3, 0.4) is 0 Å². The summed E-state index contributed by atoms with van der Waals surface area (Å²) in [7, 11) is -3.44. The Bertz CT molecular complexity index is 1260. The number of nitrogens with zero attached hydrogens (tertiary/aromatic N) is 5. The molecule has 3 heterocycles. The van der Waals surface area contributed by atoms with Crippen molar-refractivity contribution in [3.8, 4) is 0 Å². The third-order valence-electron chi connectivity index (χ3n) is 5.17.